The number of hydrogen-bond acceptors (Lipinski definition) is 3. The van der Waals surface area contributed by atoms with Gasteiger partial charge in [0.25, 0.3) is 0 Å². The van der Waals surface area contributed by atoms with Crippen LogP contribution in [0.15, 0.2) is 42.6 Å². The van der Waals surface area contributed by atoms with Gasteiger partial charge >= 0.3 is 0 Å². The first-order valence-electron chi connectivity index (χ1n) is 6.12. The molecule has 6 heteroatoms. The first-order valence-corrected chi connectivity index (χ1v) is 7.24. The fourth-order valence-electron chi connectivity index (χ4n) is 1.99. The van der Waals surface area contributed by atoms with Crippen molar-refractivity contribution >= 4 is 21.6 Å². The molecule has 0 amide bonds. The number of benzene rings is 1. The van der Waals surface area contributed by atoms with E-state index in [2.05, 4.69) is 20.9 Å². The van der Waals surface area contributed by atoms with E-state index in [-0.39, 0.29) is 11.3 Å². The highest BCUT2D eigenvalue weighted by Crippen LogP contribution is 2.29. The van der Waals surface area contributed by atoms with E-state index in [1.54, 1.807) is 0 Å². The number of rotatable bonds is 3. The number of ether oxygens (including phenoxy) is 1. The molecule has 0 spiro atoms. The second kappa shape index (κ2) is 5.54. The molecule has 3 aromatic rings. The number of alkyl halides is 1. The zero-order valence-corrected chi connectivity index (χ0v) is 12.3. The van der Waals surface area contributed by atoms with Gasteiger partial charge in [-0.15, -0.1) is 0 Å². The van der Waals surface area contributed by atoms with Gasteiger partial charge < -0.3 is 4.74 Å². The summed E-state index contributed by atoms with van der Waals surface area (Å²) in [7, 11) is 0. The molecule has 1 aromatic carbocycles. The van der Waals surface area contributed by atoms with Gasteiger partial charge in [0.05, 0.1) is 17.3 Å². The lowest BCUT2D eigenvalue weighted by Crippen LogP contribution is -1.94. The summed E-state index contributed by atoms with van der Waals surface area (Å²) in [5, 5.41) is 9.26. The van der Waals surface area contributed by atoms with Crippen molar-refractivity contribution in [2.75, 3.05) is 0 Å². The van der Waals surface area contributed by atoms with E-state index in [0.717, 1.165) is 17.4 Å². The topological polar surface area (TPSA) is 50.3 Å². The third-order valence-electron chi connectivity index (χ3n) is 2.99. The molecular weight excluding hydrogens is 337 g/mol. The molecule has 104 valence electrons. The number of pyridine rings is 1. The van der Waals surface area contributed by atoms with E-state index in [1.807, 2.05) is 34.9 Å². The minimum Gasteiger partial charge on any atom is -0.434 e. The largest absolute Gasteiger partial charge is 0.434 e. The average molecular weight is 346 g/mol. The highest BCUT2D eigenvalue weighted by Gasteiger charge is 2.15. The fraction of sp³-hybridized carbons (Fsp3) is 0.0667. The Labute approximate surface area is 128 Å². The van der Waals surface area contributed by atoms with Gasteiger partial charge in [-0.3, -0.25) is 4.40 Å². The molecule has 0 saturated heterocycles. The van der Waals surface area contributed by atoms with Crippen molar-refractivity contribution in [2.45, 2.75) is 5.33 Å². The van der Waals surface area contributed by atoms with Crippen LogP contribution < -0.4 is 4.74 Å². The van der Waals surface area contributed by atoms with Gasteiger partial charge in [0, 0.05) is 11.5 Å². The SMILES string of the molecule is N#Cc1ccc(Oc2nc3ccccn3c2CBr)c(F)c1. The second-order valence-corrected chi connectivity index (χ2v) is 4.85. The van der Waals surface area contributed by atoms with Crippen LogP contribution in [0, 0.1) is 17.1 Å². The molecule has 0 fully saturated rings. The molecule has 0 saturated carbocycles. The van der Waals surface area contributed by atoms with E-state index >= 15 is 0 Å². The Balaban J connectivity index is 2.04. The highest BCUT2D eigenvalue weighted by molar-refractivity contribution is 9.08. The maximum absolute atomic E-state index is 13.9. The molecule has 2 heterocycles. The number of halogens is 2. The lowest BCUT2D eigenvalue weighted by Gasteiger charge is -2.05. The Morgan fingerprint density at radius 3 is 2.90 bits per heavy atom. The standard InChI is InChI=1S/C15H9BrFN3O/c16-8-12-15(19-14-3-1-2-6-20(12)14)21-13-5-4-10(9-18)7-11(13)17/h1-7H,8H2. The minimum atomic E-state index is -0.591. The maximum atomic E-state index is 13.9. The molecule has 0 aliphatic carbocycles. The molecule has 0 aliphatic heterocycles. The van der Waals surface area contributed by atoms with Crippen LogP contribution in [0.25, 0.3) is 5.65 Å². The van der Waals surface area contributed by atoms with Crippen LogP contribution in [-0.2, 0) is 5.33 Å². The van der Waals surface area contributed by atoms with E-state index < -0.39 is 5.82 Å². The van der Waals surface area contributed by atoms with Crippen LogP contribution in [0.2, 0.25) is 0 Å². The summed E-state index contributed by atoms with van der Waals surface area (Å²) in [6.07, 6.45) is 1.86. The number of hydrogen-bond donors (Lipinski definition) is 0. The molecular formula is C15H9BrFN3O. The first-order chi connectivity index (χ1) is 10.2. The van der Waals surface area contributed by atoms with Crippen LogP contribution in [0.5, 0.6) is 11.6 Å². The van der Waals surface area contributed by atoms with Crippen molar-refractivity contribution in [3.05, 3.63) is 59.7 Å². The fourth-order valence-corrected chi connectivity index (χ4v) is 2.50. The van der Waals surface area contributed by atoms with Crippen LogP contribution in [0.3, 0.4) is 0 Å². The average Bonchev–Trinajstić information content (AvgIpc) is 2.86. The quantitative estimate of drug-likeness (QED) is 0.673. The number of fused-ring (bicyclic) bond motifs is 1. The Morgan fingerprint density at radius 1 is 1.33 bits per heavy atom. The Kier molecular flexibility index (Phi) is 3.59. The third-order valence-corrected chi connectivity index (χ3v) is 3.52. The van der Waals surface area contributed by atoms with Crippen molar-refractivity contribution < 1.29 is 9.13 Å². The van der Waals surface area contributed by atoms with Gasteiger partial charge in [0.1, 0.15) is 5.65 Å². The first kappa shape index (κ1) is 13.6. The highest BCUT2D eigenvalue weighted by atomic mass is 79.9. The van der Waals surface area contributed by atoms with Crippen LogP contribution in [0.4, 0.5) is 4.39 Å². The van der Waals surface area contributed by atoms with Gasteiger partial charge in [0.2, 0.25) is 5.88 Å². The monoisotopic (exact) mass is 345 g/mol. The van der Waals surface area contributed by atoms with E-state index in [0.29, 0.717) is 11.2 Å². The van der Waals surface area contributed by atoms with Crippen molar-refractivity contribution in [2.24, 2.45) is 0 Å². The van der Waals surface area contributed by atoms with Gasteiger partial charge in [-0.25, -0.2) is 4.39 Å². The molecule has 3 rings (SSSR count). The molecule has 0 atom stereocenters. The van der Waals surface area contributed by atoms with Crippen LogP contribution in [0.1, 0.15) is 11.3 Å². The molecule has 0 unspecified atom stereocenters. The predicted molar refractivity (Wildman–Crippen MR) is 79.0 cm³/mol. The zero-order valence-electron chi connectivity index (χ0n) is 10.8. The summed E-state index contributed by atoms with van der Waals surface area (Å²) in [6.45, 7) is 0. The number of imidazole rings is 1. The van der Waals surface area contributed by atoms with Crippen LogP contribution >= 0.6 is 15.9 Å². The second-order valence-electron chi connectivity index (χ2n) is 4.29. The van der Waals surface area contributed by atoms with Gasteiger partial charge in [-0.1, -0.05) is 22.0 Å². The van der Waals surface area contributed by atoms with Gasteiger partial charge in [-0.05, 0) is 30.3 Å². The molecule has 0 N–H and O–H groups in total. The Bertz CT molecular complexity index is 854. The van der Waals surface area contributed by atoms with Crippen molar-refractivity contribution in [1.29, 1.82) is 5.26 Å². The summed E-state index contributed by atoms with van der Waals surface area (Å²) < 4.78 is 21.3. The van der Waals surface area contributed by atoms with Crippen molar-refractivity contribution in [1.82, 2.24) is 9.38 Å². The van der Waals surface area contributed by atoms with Crippen molar-refractivity contribution in [3.8, 4) is 17.7 Å². The third kappa shape index (κ3) is 2.48. The smallest absolute Gasteiger partial charge is 0.242 e. The van der Waals surface area contributed by atoms with Crippen molar-refractivity contribution in [3.63, 3.8) is 0 Å². The number of aromatic nitrogens is 2. The predicted octanol–water partition coefficient (Wildman–Crippen LogP) is 4.03. The summed E-state index contributed by atoms with van der Waals surface area (Å²) in [4.78, 5) is 4.34. The molecule has 4 nitrogen and oxygen atoms in total. The van der Waals surface area contributed by atoms with Crippen LogP contribution in [-0.4, -0.2) is 9.38 Å². The van der Waals surface area contributed by atoms with E-state index in [1.165, 1.54) is 12.1 Å². The lowest BCUT2D eigenvalue weighted by atomic mass is 10.2. The number of nitriles is 1. The summed E-state index contributed by atoms with van der Waals surface area (Å²) in [5.41, 5.74) is 1.75. The zero-order chi connectivity index (χ0) is 14.8. The minimum absolute atomic E-state index is 0.0413. The van der Waals surface area contributed by atoms with Gasteiger partial charge in [-0.2, -0.15) is 10.2 Å². The molecule has 0 bridgehead atoms. The molecule has 2 aromatic heterocycles. The lowest BCUT2D eigenvalue weighted by molar-refractivity contribution is 0.426. The normalized spacial score (nSPS) is 10.5. The molecule has 0 radical (unpaired) electrons. The molecule has 0 aliphatic rings. The summed E-state index contributed by atoms with van der Waals surface area (Å²) in [6, 6.07) is 11.5. The summed E-state index contributed by atoms with van der Waals surface area (Å²) in [5.74, 6) is -0.215. The van der Waals surface area contributed by atoms with Gasteiger partial charge in [0.15, 0.2) is 11.6 Å². The Morgan fingerprint density at radius 2 is 2.19 bits per heavy atom. The van der Waals surface area contributed by atoms with E-state index in [9.17, 15) is 4.39 Å². The number of nitrogens with zero attached hydrogens (tertiary/aromatic N) is 3. The maximum Gasteiger partial charge on any atom is 0.242 e. The Hall–Kier alpha value is -2.39. The van der Waals surface area contributed by atoms with E-state index in [4.69, 9.17) is 10.00 Å². The molecule has 21 heavy (non-hydrogen) atoms. The summed E-state index contributed by atoms with van der Waals surface area (Å²) >= 11 is 3.39.